The van der Waals surface area contributed by atoms with Gasteiger partial charge in [0.1, 0.15) is 18.2 Å². The van der Waals surface area contributed by atoms with Gasteiger partial charge >= 0.3 is 6.03 Å². The van der Waals surface area contributed by atoms with Crippen molar-refractivity contribution in [1.82, 2.24) is 10.6 Å². The number of benzene rings is 1. The zero-order valence-electron chi connectivity index (χ0n) is 13.5. The highest BCUT2D eigenvalue weighted by atomic mass is 16.6. The van der Waals surface area contributed by atoms with Gasteiger partial charge < -0.3 is 25.8 Å². The second-order valence-corrected chi connectivity index (χ2v) is 6.32. The van der Waals surface area contributed by atoms with E-state index in [1.54, 1.807) is 0 Å². The van der Waals surface area contributed by atoms with E-state index in [0.717, 1.165) is 24.3 Å². The monoisotopic (exact) mass is 333 g/mol. The lowest BCUT2D eigenvalue weighted by Gasteiger charge is -2.28. The fourth-order valence-electron chi connectivity index (χ4n) is 3.23. The van der Waals surface area contributed by atoms with Crippen LogP contribution in [0.2, 0.25) is 0 Å². The smallest absolute Gasteiger partial charge is 0.315 e. The van der Waals surface area contributed by atoms with Gasteiger partial charge in [-0.25, -0.2) is 4.79 Å². The van der Waals surface area contributed by atoms with Gasteiger partial charge in [0.25, 0.3) is 0 Å². The van der Waals surface area contributed by atoms with E-state index in [-0.39, 0.29) is 12.1 Å². The lowest BCUT2D eigenvalue weighted by Crippen LogP contribution is -2.58. The van der Waals surface area contributed by atoms with E-state index in [9.17, 15) is 9.59 Å². The summed E-state index contributed by atoms with van der Waals surface area (Å²) in [6.07, 6.45) is 3.51. The largest absolute Gasteiger partial charge is 0.486 e. The van der Waals surface area contributed by atoms with Crippen LogP contribution in [0.3, 0.4) is 0 Å². The predicted octanol–water partition coefficient (Wildman–Crippen LogP) is 1.31. The van der Waals surface area contributed by atoms with Crippen LogP contribution < -0.4 is 25.8 Å². The molecule has 3 rings (SSSR count). The molecule has 130 valence electrons. The number of carbonyl (C=O) groups excluding carboxylic acids is 2. The van der Waals surface area contributed by atoms with Gasteiger partial charge in [0.05, 0.1) is 0 Å². The molecule has 1 saturated carbocycles. The first-order valence-corrected chi connectivity index (χ1v) is 8.33. The number of hydrogen-bond donors (Lipinski definition) is 3. The molecular formula is C17H23N3O4. The molecule has 1 heterocycles. The lowest BCUT2D eigenvalue weighted by molar-refractivity contribution is -0.123. The van der Waals surface area contributed by atoms with Crippen molar-refractivity contribution < 1.29 is 19.1 Å². The first-order valence-electron chi connectivity index (χ1n) is 8.33. The molecule has 4 N–H and O–H groups in total. The maximum absolute atomic E-state index is 12.0. The Labute approximate surface area is 140 Å². The fourth-order valence-corrected chi connectivity index (χ4v) is 3.23. The van der Waals surface area contributed by atoms with Crippen LogP contribution in [0.15, 0.2) is 24.3 Å². The van der Waals surface area contributed by atoms with Crippen LogP contribution in [0.4, 0.5) is 4.79 Å². The molecule has 1 aliphatic heterocycles. The van der Waals surface area contributed by atoms with E-state index >= 15 is 0 Å². The summed E-state index contributed by atoms with van der Waals surface area (Å²) in [7, 11) is 0. The Morgan fingerprint density at radius 3 is 2.62 bits per heavy atom. The number of amides is 3. The summed E-state index contributed by atoms with van der Waals surface area (Å²) in [5.74, 6) is 0.997. The SMILES string of the molecule is NC(=O)C1(NC(=O)NCCC2COc3ccccc3O2)CCCC1. The molecule has 1 unspecified atom stereocenters. The Morgan fingerprint density at radius 1 is 1.21 bits per heavy atom. The molecule has 2 aliphatic rings. The summed E-state index contributed by atoms with van der Waals surface area (Å²) in [4.78, 5) is 23.7. The summed E-state index contributed by atoms with van der Waals surface area (Å²) in [6, 6.07) is 7.14. The zero-order valence-corrected chi connectivity index (χ0v) is 13.5. The third-order valence-corrected chi connectivity index (χ3v) is 4.60. The Morgan fingerprint density at radius 2 is 1.92 bits per heavy atom. The molecule has 1 aromatic rings. The van der Waals surface area contributed by atoms with E-state index in [1.807, 2.05) is 24.3 Å². The molecule has 1 aliphatic carbocycles. The highest BCUT2D eigenvalue weighted by Gasteiger charge is 2.40. The zero-order chi connectivity index (χ0) is 17.0. The standard InChI is InChI=1S/C17H23N3O4/c18-15(21)17(8-3-4-9-17)20-16(22)19-10-7-12-11-23-13-5-1-2-6-14(13)24-12/h1-2,5-6,12H,3-4,7-11H2,(H2,18,21)(H2,19,20,22). The maximum Gasteiger partial charge on any atom is 0.315 e. The number of primary amides is 1. The molecule has 1 atom stereocenters. The van der Waals surface area contributed by atoms with Crippen LogP contribution in [-0.4, -0.2) is 36.7 Å². The van der Waals surface area contributed by atoms with E-state index in [2.05, 4.69) is 10.6 Å². The van der Waals surface area contributed by atoms with Crippen molar-refractivity contribution in [2.45, 2.75) is 43.7 Å². The summed E-state index contributed by atoms with van der Waals surface area (Å²) < 4.78 is 11.5. The third kappa shape index (κ3) is 3.55. The average molecular weight is 333 g/mol. The Hall–Kier alpha value is -2.44. The van der Waals surface area contributed by atoms with Crippen LogP contribution in [0, 0.1) is 0 Å². The van der Waals surface area contributed by atoms with Gasteiger partial charge in [0.2, 0.25) is 5.91 Å². The number of para-hydroxylation sites is 2. The van der Waals surface area contributed by atoms with Crippen LogP contribution in [0.25, 0.3) is 0 Å². The van der Waals surface area contributed by atoms with Crippen LogP contribution in [0.1, 0.15) is 32.1 Å². The summed E-state index contributed by atoms with van der Waals surface area (Å²) in [5.41, 5.74) is 4.56. The molecule has 0 saturated heterocycles. The van der Waals surface area contributed by atoms with Crippen LogP contribution >= 0.6 is 0 Å². The number of rotatable bonds is 5. The van der Waals surface area contributed by atoms with Gasteiger partial charge in [0.15, 0.2) is 11.5 Å². The molecule has 0 bridgehead atoms. The van der Waals surface area contributed by atoms with Crippen molar-refractivity contribution in [3.8, 4) is 11.5 Å². The van der Waals surface area contributed by atoms with Crippen molar-refractivity contribution in [2.75, 3.05) is 13.2 Å². The van der Waals surface area contributed by atoms with Crippen LogP contribution in [-0.2, 0) is 4.79 Å². The molecule has 1 aromatic carbocycles. The Balaban J connectivity index is 1.44. The normalized spacial score (nSPS) is 21.1. The number of hydrogen-bond acceptors (Lipinski definition) is 4. The first kappa shape index (κ1) is 16.4. The second-order valence-electron chi connectivity index (χ2n) is 6.32. The Kier molecular flexibility index (Phi) is 4.78. The number of nitrogens with one attached hydrogen (secondary N) is 2. The summed E-state index contributed by atoms with van der Waals surface area (Å²) >= 11 is 0. The first-order chi connectivity index (χ1) is 11.6. The van der Waals surface area contributed by atoms with E-state index < -0.39 is 11.4 Å². The van der Waals surface area contributed by atoms with Gasteiger partial charge in [-0.05, 0) is 25.0 Å². The minimum absolute atomic E-state index is 0.114. The molecule has 7 nitrogen and oxygen atoms in total. The number of carbonyl (C=O) groups is 2. The quantitative estimate of drug-likeness (QED) is 0.756. The van der Waals surface area contributed by atoms with Crippen LogP contribution in [0.5, 0.6) is 11.5 Å². The molecular weight excluding hydrogens is 310 g/mol. The van der Waals surface area contributed by atoms with Gasteiger partial charge in [0, 0.05) is 13.0 Å². The van der Waals surface area contributed by atoms with E-state index in [4.69, 9.17) is 15.2 Å². The summed E-state index contributed by atoms with van der Waals surface area (Å²) in [6.45, 7) is 0.877. The second kappa shape index (κ2) is 6.98. The average Bonchev–Trinajstić information content (AvgIpc) is 3.04. The van der Waals surface area contributed by atoms with Gasteiger partial charge in [-0.3, -0.25) is 4.79 Å². The Bertz CT molecular complexity index is 614. The molecule has 0 radical (unpaired) electrons. The number of fused-ring (bicyclic) bond motifs is 1. The third-order valence-electron chi connectivity index (χ3n) is 4.60. The number of urea groups is 1. The van der Waals surface area contributed by atoms with Crippen molar-refractivity contribution in [2.24, 2.45) is 5.73 Å². The fraction of sp³-hybridized carbons (Fsp3) is 0.529. The molecule has 0 spiro atoms. The highest BCUT2D eigenvalue weighted by molar-refractivity contribution is 5.90. The van der Waals surface area contributed by atoms with Crippen molar-refractivity contribution in [3.63, 3.8) is 0 Å². The van der Waals surface area contributed by atoms with Gasteiger partial charge in [-0.1, -0.05) is 25.0 Å². The minimum atomic E-state index is -0.895. The van der Waals surface area contributed by atoms with Crippen molar-refractivity contribution >= 4 is 11.9 Å². The summed E-state index contributed by atoms with van der Waals surface area (Å²) in [5, 5.41) is 5.52. The highest BCUT2D eigenvalue weighted by Crippen LogP contribution is 2.31. The molecule has 0 aromatic heterocycles. The van der Waals surface area contributed by atoms with Gasteiger partial charge in [-0.15, -0.1) is 0 Å². The van der Waals surface area contributed by atoms with E-state index in [1.165, 1.54) is 0 Å². The van der Waals surface area contributed by atoms with E-state index in [0.29, 0.717) is 32.4 Å². The van der Waals surface area contributed by atoms with Crippen molar-refractivity contribution in [1.29, 1.82) is 0 Å². The maximum atomic E-state index is 12.0. The minimum Gasteiger partial charge on any atom is -0.486 e. The topological polar surface area (TPSA) is 103 Å². The number of ether oxygens (including phenoxy) is 2. The molecule has 7 heteroatoms. The lowest BCUT2D eigenvalue weighted by atomic mass is 9.97. The molecule has 24 heavy (non-hydrogen) atoms. The van der Waals surface area contributed by atoms with Gasteiger partial charge in [-0.2, -0.15) is 0 Å². The molecule has 3 amide bonds. The predicted molar refractivity (Wildman–Crippen MR) is 87.9 cm³/mol. The number of nitrogens with two attached hydrogens (primary N) is 1. The van der Waals surface area contributed by atoms with Crippen molar-refractivity contribution in [3.05, 3.63) is 24.3 Å². The molecule has 1 fully saturated rings.